The molecule has 0 radical (unpaired) electrons. The molecule has 86 valence electrons. The fourth-order valence-electron chi connectivity index (χ4n) is 1.10. The van der Waals surface area contributed by atoms with Crippen LogP contribution in [0.3, 0.4) is 0 Å². The van der Waals surface area contributed by atoms with Crippen molar-refractivity contribution in [3.63, 3.8) is 0 Å². The lowest BCUT2D eigenvalue weighted by atomic mass is 10.3. The van der Waals surface area contributed by atoms with Crippen LogP contribution in [0.15, 0.2) is 18.2 Å². The molecular formula is C10H10F3N3. The van der Waals surface area contributed by atoms with Gasteiger partial charge in [-0.2, -0.15) is 18.4 Å². The first-order valence-electron chi connectivity index (χ1n) is 4.69. The Bertz CT molecular complexity index is 382. The Morgan fingerprint density at radius 3 is 2.75 bits per heavy atom. The minimum Gasteiger partial charge on any atom is -0.370 e. The van der Waals surface area contributed by atoms with E-state index < -0.39 is 12.6 Å². The third-order valence-corrected chi connectivity index (χ3v) is 1.81. The number of hydrogen-bond acceptors (Lipinski definition) is 3. The van der Waals surface area contributed by atoms with Crippen molar-refractivity contribution in [2.24, 2.45) is 0 Å². The Hall–Kier alpha value is -1.77. The number of hydrogen-bond donors (Lipinski definition) is 1. The van der Waals surface area contributed by atoms with Gasteiger partial charge < -0.3 is 5.32 Å². The predicted molar refractivity (Wildman–Crippen MR) is 52.7 cm³/mol. The number of nitrogens with one attached hydrogen (secondary N) is 1. The highest BCUT2D eigenvalue weighted by molar-refractivity contribution is 5.38. The monoisotopic (exact) mass is 229 g/mol. The van der Waals surface area contributed by atoms with Crippen LogP contribution in [0.5, 0.6) is 0 Å². The third kappa shape index (κ3) is 4.64. The van der Waals surface area contributed by atoms with Crippen molar-refractivity contribution in [2.45, 2.75) is 19.0 Å². The molecule has 0 aliphatic heterocycles. The topological polar surface area (TPSA) is 48.7 Å². The van der Waals surface area contributed by atoms with Crippen molar-refractivity contribution in [3.05, 3.63) is 23.9 Å². The van der Waals surface area contributed by atoms with Gasteiger partial charge in [0.05, 0.1) is 0 Å². The SMILES string of the molecule is N#Cc1cccc(NCCCC(F)(F)F)n1. The van der Waals surface area contributed by atoms with Gasteiger partial charge in [0.2, 0.25) is 0 Å². The van der Waals surface area contributed by atoms with Crippen LogP contribution in [0, 0.1) is 11.3 Å². The molecule has 0 atom stereocenters. The molecule has 1 heterocycles. The van der Waals surface area contributed by atoms with Gasteiger partial charge in [0.1, 0.15) is 17.6 Å². The molecule has 0 saturated carbocycles. The quantitative estimate of drug-likeness (QED) is 0.807. The highest BCUT2D eigenvalue weighted by Gasteiger charge is 2.25. The zero-order valence-corrected chi connectivity index (χ0v) is 8.38. The molecule has 3 nitrogen and oxygen atoms in total. The van der Waals surface area contributed by atoms with Gasteiger partial charge in [-0.15, -0.1) is 0 Å². The van der Waals surface area contributed by atoms with E-state index in [-0.39, 0.29) is 18.7 Å². The van der Waals surface area contributed by atoms with E-state index in [4.69, 9.17) is 5.26 Å². The van der Waals surface area contributed by atoms with Gasteiger partial charge in [0.15, 0.2) is 0 Å². The first-order chi connectivity index (χ1) is 7.51. The average Bonchev–Trinajstić information content (AvgIpc) is 2.23. The number of anilines is 1. The van der Waals surface area contributed by atoms with E-state index in [1.54, 1.807) is 12.1 Å². The Labute approximate surface area is 90.9 Å². The van der Waals surface area contributed by atoms with Crippen LogP contribution < -0.4 is 5.32 Å². The molecule has 1 aromatic heterocycles. The van der Waals surface area contributed by atoms with Crippen LogP contribution in [0.4, 0.5) is 19.0 Å². The van der Waals surface area contributed by atoms with Crippen LogP contribution in [0.1, 0.15) is 18.5 Å². The molecular weight excluding hydrogens is 219 g/mol. The molecule has 0 aliphatic carbocycles. The summed E-state index contributed by atoms with van der Waals surface area (Å²) in [5, 5.41) is 11.3. The highest BCUT2D eigenvalue weighted by Crippen LogP contribution is 2.21. The Kier molecular flexibility index (Phi) is 4.11. The van der Waals surface area contributed by atoms with Gasteiger partial charge in [-0.25, -0.2) is 4.98 Å². The summed E-state index contributed by atoms with van der Waals surface area (Å²) in [5.74, 6) is 0.418. The van der Waals surface area contributed by atoms with Gasteiger partial charge in [0.25, 0.3) is 0 Å². The lowest BCUT2D eigenvalue weighted by Crippen LogP contribution is -2.11. The van der Waals surface area contributed by atoms with Gasteiger partial charge in [-0.05, 0) is 18.6 Å². The second-order valence-corrected chi connectivity index (χ2v) is 3.17. The van der Waals surface area contributed by atoms with E-state index >= 15 is 0 Å². The highest BCUT2D eigenvalue weighted by atomic mass is 19.4. The predicted octanol–water partition coefficient (Wildman–Crippen LogP) is 2.71. The van der Waals surface area contributed by atoms with Crippen molar-refractivity contribution in [1.29, 1.82) is 5.26 Å². The molecule has 6 heteroatoms. The molecule has 0 aromatic carbocycles. The Morgan fingerprint density at radius 2 is 2.12 bits per heavy atom. The number of nitrogens with zero attached hydrogens (tertiary/aromatic N) is 2. The number of alkyl halides is 3. The third-order valence-electron chi connectivity index (χ3n) is 1.81. The van der Waals surface area contributed by atoms with E-state index in [0.717, 1.165) is 0 Å². The Balaban J connectivity index is 2.35. The molecule has 0 bridgehead atoms. The van der Waals surface area contributed by atoms with Crippen LogP contribution in [0.2, 0.25) is 0 Å². The van der Waals surface area contributed by atoms with Crippen LogP contribution in [-0.2, 0) is 0 Å². The summed E-state index contributed by atoms with van der Waals surface area (Å²) in [7, 11) is 0. The van der Waals surface area contributed by atoms with Crippen LogP contribution in [-0.4, -0.2) is 17.7 Å². The largest absolute Gasteiger partial charge is 0.389 e. The number of pyridine rings is 1. The number of halogens is 3. The summed E-state index contributed by atoms with van der Waals surface area (Å²) >= 11 is 0. The second-order valence-electron chi connectivity index (χ2n) is 3.17. The molecule has 1 N–H and O–H groups in total. The Morgan fingerprint density at radius 1 is 1.38 bits per heavy atom. The lowest BCUT2D eigenvalue weighted by molar-refractivity contribution is -0.134. The summed E-state index contributed by atoms with van der Waals surface area (Å²) in [6, 6.07) is 6.61. The average molecular weight is 229 g/mol. The van der Waals surface area contributed by atoms with E-state index in [1.165, 1.54) is 6.07 Å². The normalized spacial score (nSPS) is 10.9. The second kappa shape index (κ2) is 5.35. The lowest BCUT2D eigenvalue weighted by Gasteiger charge is -2.07. The van der Waals surface area contributed by atoms with Crippen LogP contribution in [0.25, 0.3) is 0 Å². The van der Waals surface area contributed by atoms with Gasteiger partial charge >= 0.3 is 6.18 Å². The summed E-state index contributed by atoms with van der Waals surface area (Å²) in [5.41, 5.74) is 0.237. The minimum absolute atomic E-state index is 0.0119. The summed E-state index contributed by atoms with van der Waals surface area (Å²) < 4.78 is 35.4. The molecule has 0 aliphatic rings. The number of aromatic nitrogens is 1. The smallest absolute Gasteiger partial charge is 0.370 e. The molecule has 0 spiro atoms. The van der Waals surface area contributed by atoms with Crippen LogP contribution >= 0.6 is 0 Å². The zero-order valence-electron chi connectivity index (χ0n) is 8.38. The first-order valence-corrected chi connectivity index (χ1v) is 4.69. The molecule has 1 aromatic rings. The van der Waals surface area contributed by atoms with Gasteiger partial charge in [-0.1, -0.05) is 6.07 Å². The van der Waals surface area contributed by atoms with Gasteiger partial charge in [0, 0.05) is 13.0 Å². The molecule has 0 saturated heterocycles. The van der Waals surface area contributed by atoms with Crippen molar-refractivity contribution in [3.8, 4) is 6.07 Å². The fraction of sp³-hybridized carbons (Fsp3) is 0.400. The molecule has 0 fully saturated rings. The molecule has 16 heavy (non-hydrogen) atoms. The first kappa shape index (κ1) is 12.3. The van der Waals surface area contributed by atoms with Gasteiger partial charge in [-0.3, -0.25) is 0 Å². The maximum Gasteiger partial charge on any atom is 0.389 e. The maximum absolute atomic E-state index is 11.8. The van der Waals surface area contributed by atoms with E-state index in [0.29, 0.717) is 5.82 Å². The molecule has 1 rings (SSSR count). The number of nitriles is 1. The maximum atomic E-state index is 11.8. The summed E-state index contributed by atoms with van der Waals surface area (Å²) in [6.07, 6.45) is -4.95. The minimum atomic E-state index is -4.12. The fourth-order valence-corrected chi connectivity index (χ4v) is 1.10. The number of rotatable bonds is 4. The van der Waals surface area contributed by atoms with E-state index in [9.17, 15) is 13.2 Å². The van der Waals surface area contributed by atoms with Crippen molar-refractivity contribution in [1.82, 2.24) is 4.98 Å². The van der Waals surface area contributed by atoms with Crippen molar-refractivity contribution in [2.75, 3.05) is 11.9 Å². The van der Waals surface area contributed by atoms with Crippen molar-refractivity contribution < 1.29 is 13.2 Å². The molecule has 0 unspecified atom stereocenters. The standard InChI is InChI=1S/C10H10F3N3/c11-10(12,13)5-2-6-15-9-4-1-3-8(7-14)16-9/h1,3-4H,2,5-6H2,(H,15,16). The van der Waals surface area contributed by atoms with E-state index in [1.807, 2.05) is 6.07 Å². The zero-order chi connectivity index (χ0) is 12.0. The van der Waals surface area contributed by atoms with E-state index in [2.05, 4.69) is 10.3 Å². The van der Waals surface area contributed by atoms with Crippen molar-refractivity contribution >= 4 is 5.82 Å². The molecule has 0 amide bonds. The summed E-state index contributed by atoms with van der Waals surface area (Å²) in [4.78, 5) is 3.87. The summed E-state index contributed by atoms with van der Waals surface area (Å²) in [6.45, 7) is 0.182.